The van der Waals surface area contributed by atoms with Crippen LogP contribution in [-0.2, 0) is 5.60 Å². The second-order valence-electron chi connectivity index (χ2n) is 5.96. The predicted molar refractivity (Wildman–Crippen MR) is 92.9 cm³/mol. The number of rotatable bonds is 8. The fourth-order valence-corrected chi connectivity index (χ4v) is 2.72. The molecule has 0 amide bonds. The maximum atomic E-state index is 11.3. The topological polar surface area (TPSA) is 32.3 Å². The van der Waals surface area contributed by atoms with Crippen molar-refractivity contribution in [2.75, 3.05) is 6.54 Å². The maximum absolute atomic E-state index is 11.3. The lowest BCUT2D eigenvalue weighted by Crippen LogP contribution is -2.31. The molecule has 2 nitrogen and oxygen atoms in total. The molecule has 0 heterocycles. The summed E-state index contributed by atoms with van der Waals surface area (Å²) in [4.78, 5) is 0. The maximum Gasteiger partial charge on any atom is 0.115 e. The van der Waals surface area contributed by atoms with Crippen LogP contribution in [0.3, 0.4) is 0 Å². The third kappa shape index (κ3) is 4.19. The van der Waals surface area contributed by atoms with Gasteiger partial charge in [0.25, 0.3) is 0 Å². The van der Waals surface area contributed by atoms with E-state index in [2.05, 4.69) is 19.2 Å². The highest BCUT2D eigenvalue weighted by Crippen LogP contribution is 2.33. The first-order chi connectivity index (χ1) is 10.7. The van der Waals surface area contributed by atoms with Crippen molar-refractivity contribution in [2.24, 2.45) is 0 Å². The van der Waals surface area contributed by atoms with Crippen LogP contribution in [0.5, 0.6) is 0 Å². The van der Waals surface area contributed by atoms with Crippen molar-refractivity contribution < 1.29 is 5.11 Å². The van der Waals surface area contributed by atoms with Crippen LogP contribution in [0.4, 0.5) is 0 Å². The van der Waals surface area contributed by atoms with Gasteiger partial charge >= 0.3 is 0 Å². The van der Waals surface area contributed by atoms with E-state index in [1.165, 1.54) is 0 Å². The van der Waals surface area contributed by atoms with Gasteiger partial charge in [0.05, 0.1) is 0 Å². The van der Waals surface area contributed by atoms with Gasteiger partial charge in [-0.25, -0.2) is 0 Å². The van der Waals surface area contributed by atoms with Crippen LogP contribution in [0.2, 0.25) is 0 Å². The molecule has 0 aromatic heterocycles. The summed E-state index contributed by atoms with van der Waals surface area (Å²) in [7, 11) is 0. The minimum atomic E-state index is -0.917. The number of nitrogens with one attached hydrogen (secondary N) is 1. The fourth-order valence-electron chi connectivity index (χ4n) is 2.72. The van der Waals surface area contributed by atoms with Gasteiger partial charge in [0, 0.05) is 6.04 Å². The van der Waals surface area contributed by atoms with Crippen molar-refractivity contribution >= 4 is 0 Å². The Bertz CT molecular complexity index is 499. The standard InChI is InChI=1S/C20H27NO/c1-3-17(2)21-16-10-15-20(22,18-11-6-4-7-12-18)19-13-8-5-9-14-19/h4-9,11-14,17,21-22H,3,10,15-16H2,1-2H3. The summed E-state index contributed by atoms with van der Waals surface area (Å²) in [5, 5.41) is 14.8. The van der Waals surface area contributed by atoms with E-state index in [0.717, 1.165) is 30.5 Å². The lowest BCUT2D eigenvalue weighted by atomic mass is 9.82. The van der Waals surface area contributed by atoms with Crippen LogP contribution in [0, 0.1) is 0 Å². The lowest BCUT2D eigenvalue weighted by molar-refractivity contribution is 0.0685. The molecule has 0 aliphatic heterocycles. The van der Waals surface area contributed by atoms with Crippen LogP contribution in [0.15, 0.2) is 60.7 Å². The molecule has 2 N–H and O–H groups in total. The molecule has 1 atom stereocenters. The zero-order valence-corrected chi connectivity index (χ0v) is 13.6. The molecule has 2 aromatic carbocycles. The highest BCUT2D eigenvalue weighted by atomic mass is 16.3. The Kier molecular flexibility index (Phi) is 6.17. The van der Waals surface area contributed by atoms with Gasteiger partial charge in [-0.15, -0.1) is 0 Å². The smallest absolute Gasteiger partial charge is 0.115 e. The van der Waals surface area contributed by atoms with Crippen LogP contribution >= 0.6 is 0 Å². The number of hydrogen-bond acceptors (Lipinski definition) is 2. The van der Waals surface area contributed by atoms with E-state index in [1.54, 1.807) is 0 Å². The summed E-state index contributed by atoms with van der Waals surface area (Å²) in [6, 6.07) is 20.5. The molecule has 1 unspecified atom stereocenters. The van der Waals surface area contributed by atoms with E-state index in [-0.39, 0.29) is 0 Å². The summed E-state index contributed by atoms with van der Waals surface area (Å²) in [5.41, 5.74) is 1.01. The molecular weight excluding hydrogens is 270 g/mol. The van der Waals surface area contributed by atoms with E-state index < -0.39 is 5.60 Å². The van der Waals surface area contributed by atoms with Gasteiger partial charge in [0.1, 0.15) is 5.60 Å². The van der Waals surface area contributed by atoms with Gasteiger partial charge in [-0.1, -0.05) is 67.6 Å². The molecular formula is C20H27NO. The first-order valence-electron chi connectivity index (χ1n) is 8.23. The largest absolute Gasteiger partial charge is 0.380 e. The van der Waals surface area contributed by atoms with Crippen molar-refractivity contribution in [1.29, 1.82) is 0 Å². The van der Waals surface area contributed by atoms with E-state index in [0.29, 0.717) is 12.5 Å². The van der Waals surface area contributed by atoms with Crippen molar-refractivity contribution in [3.05, 3.63) is 71.8 Å². The normalized spacial score (nSPS) is 13.0. The number of benzene rings is 2. The van der Waals surface area contributed by atoms with Gasteiger partial charge in [0.2, 0.25) is 0 Å². The summed E-state index contributed by atoms with van der Waals surface area (Å²) in [5.74, 6) is 0. The second kappa shape index (κ2) is 8.11. The minimum Gasteiger partial charge on any atom is -0.380 e. The van der Waals surface area contributed by atoms with E-state index in [4.69, 9.17) is 0 Å². The van der Waals surface area contributed by atoms with E-state index in [1.807, 2.05) is 60.7 Å². The van der Waals surface area contributed by atoms with Gasteiger partial charge in [-0.05, 0) is 43.9 Å². The predicted octanol–water partition coefficient (Wildman–Crippen LogP) is 4.09. The molecule has 0 saturated carbocycles. The molecule has 118 valence electrons. The van der Waals surface area contributed by atoms with Gasteiger partial charge < -0.3 is 10.4 Å². The van der Waals surface area contributed by atoms with Crippen LogP contribution < -0.4 is 5.32 Å². The average Bonchev–Trinajstić information content (AvgIpc) is 2.59. The molecule has 0 bridgehead atoms. The second-order valence-corrected chi connectivity index (χ2v) is 5.96. The number of aliphatic hydroxyl groups is 1. The SMILES string of the molecule is CCC(C)NCCCC(O)(c1ccccc1)c1ccccc1. The first-order valence-corrected chi connectivity index (χ1v) is 8.23. The van der Waals surface area contributed by atoms with Crippen molar-refractivity contribution in [3.63, 3.8) is 0 Å². The molecule has 0 radical (unpaired) electrons. The molecule has 0 fully saturated rings. The fraction of sp³-hybridized carbons (Fsp3) is 0.400. The van der Waals surface area contributed by atoms with E-state index in [9.17, 15) is 5.11 Å². The Hall–Kier alpha value is -1.64. The molecule has 0 aliphatic rings. The summed E-state index contributed by atoms with van der Waals surface area (Å²) < 4.78 is 0. The van der Waals surface area contributed by atoms with Crippen molar-refractivity contribution in [2.45, 2.75) is 44.8 Å². The molecule has 22 heavy (non-hydrogen) atoms. The highest BCUT2D eigenvalue weighted by molar-refractivity contribution is 5.35. The van der Waals surface area contributed by atoms with Gasteiger partial charge in [-0.3, -0.25) is 0 Å². The molecule has 0 saturated heterocycles. The molecule has 2 aromatic rings. The highest BCUT2D eigenvalue weighted by Gasteiger charge is 2.30. The van der Waals surface area contributed by atoms with Crippen molar-refractivity contribution in [1.82, 2.24) is 5.32 Å². The summed E-state index contributed by atoms with van der Waals surface area (Å²) >= 11 is 0. The quantitative estimate of drug-likeness (QED) is 0.719. The Morgan fingerprint density at radius 3 is 1.91 bits per heavy atom. The van der Waals surface area contributed by atoms with Gasteiger partial charge in [0.15, 0.2) is 0 Å². The van der Waals surface area contributed by atoms with E-state index >= 15 is 0 Å². The van der Waals surface area contributed by atoms with Crippen LogP contribution in [0.25, 0.3) is 0 Å². The molecule has 0 aliphatic carbocycles. The minimum absolute atomic E-state index is 0.529. The van der Waals surface area contributed by atoms with Crippen LogP contribution in [0.1, 0.15) is 44.2 Å². The monoisotopic (exact) mass is 297 g/mol. The summed E-state index contributed by atoms with van der Waals surface area (Å²) in [6.07, 6.45) is 2.77. The zero-order chi connectivity index (χ0) is 15.8. The Morgan fingerprint density at radius 2 is 1.45 bits per heavy atom. The molecule has 2 heteroatoms. The Labute approximate surface area is 134 Å². The number of hydrogen-bond donors (Lipinski definition) is 2. The third-order valence-corrected chi connectivity index (χ3v) is 4.32. The van der Waals surface area contributed by atoms with Crippen LogP contribution in [-0.4, -0.2) is 17.7 Å². The van der Waals surface area contributed by atoms with Gasteiger partial charge in [-0.2, -0.15) is 0 Å². The first kappa shape index (κ1) is 16.7. The summed E-state index contributed by atoms with van der Waals surface area (Å²) in [6.45, 7) is 5.31. The molecule has 0 spiro atoms. The average molecular weight is 297 g/mol. The Morgan fingerprint density at radius 1 is 0.955 bits per heavy atom. The molecule has 2 rings (SSSR count). The Balaban J connectivity index is 2.13. The van der Waals surface area contributed by atoms with Crippen molar-refractivity contribution in [3.8, 4) is 0 Å². The zero-order valence-electron chi connectivity index (χ0n) is 13.6. The third-order valence-electron chi connectivity index (χ3n) is 4.32. The lowest BCUT2D eigenvalue weighted by Gasteiger charge is -2.30.